The molecule has 7 heteroatoms. The van der Waals surface area contributed by atoms with Crippen LogP contribution in [0.2, 0.25) is 0 Å². The lowest BCUT2D eigenvalue weighted by Crippen LogP contribution is -2.50. The van der Waals surface area contributed by atoms with Gasteiger partial charge in [0.05, 0.1) is 12.7 Å². The van der Waals surface area contributed by atoms with Crippen LogP contribution >= 0.6 is 24.0 Å². The standard InChI is InChI=1S/C18H39N5O.HI/c1-7-16(4)22(6)9-8-20-18(19-5)21-12-17-14-23(10-11-24-17)13-15(2)3;/h15-17H,7-14H2,1-6H3,(H2,19,20,21);1H. The molecule has 0 aromatic carbocycles. The van der Waals surface area contributed by atoms with E-state index >= 15 is 0 Å². The lowest BCUT2D eigenvalue weighted by Gasteiger charge is -2.34. The van der Waals surface area contributed by atoms with Crippen LogP contribution in [0, 0.1) is 5.92 Å². The Labute approximate surface area is 172 Å². The molecule has 0 bridgehead atoms. The van der Waals surface area contributed by atoms with Gasteiger partial charge in [0.25, 0.3) is 0 Å². The second-order valence-electron chi connectivity index (χ2n) is 7.26. The minimum absolute atomic E-state index is 0. The first-order valence-electron chi connectivity index (χ1n) is 9.44. The minimum atomic E-state index is 0. The molecule has 0 aromatic rings. The van der Waals surface area contributed by atoms with Crippen molar-refractivity contribution >= 4 is 29.9 Å². The molecule has 0 spiro atoms. The second-order valence-corrected chi connectivity index (χ2v) is 7.26. The molecule has 25 heavy (non-hydrogen) atoms. The maximum Gasteiger partial charge on any atom is 0.191 e. The summed E-state index contributed by atoms with van der Waals surface area (Å²) in [6.07, 6.45) is 1.41. The lowest BCUT2D eigenvalue weighted by molar-refractivity contribution is -0.0284. The third kappa shape index (κ3) is 10.6. The van der Waals surface area contributed by atoms with Crippen molar-refractivity contribution in [2.75, 3.05) is 60.0 Å². The Morgan fingerprint density at radius 3 is 2.64 bits per heavy atom. The summed E-state index contributed by atoms with van der Waals surface area (Å²) in [6.45, 7) is 15.7. The van der Waals surface area contributed by atoms with Crippen LogP contribution in [0.3, 0.4) is 0 Å². The molecule has 1 aliphatic heterocycles. The highest BCUT2D eigenvalue weighted by Crippen LogP contribution is 2.07. The van der Waals surface area contributed by atoms with Crippen molar-refractivity contribution in [1.82, 2.24) is 20.4 Å². The van der Waals surface area contributed by atoms with Gasteiger partial charge in [-0.3, -0.25) is 9.89 Å². The zero-order valence-electron chi connectivity index (χ0n) is 17.0. The molecule has 1 aliphatic rings. The second kappa shape index (κ2) is 14.0. The summed E-state index contributed by atoms with van der Waals surface area (Å²) < 4.78 is 5.88. The van der Waals surface area contributed by atoms with Gasteiger partial charge in [0.1, 0.15) is 0 Å². The van der Waals surface area contributed by atoms with E-state index in [0.717, 1.165) is 51.8 Å². The molecule has 1 fully saturated rings. The molecule has 0 saturated carbocycles. The highest BCUT2D eigenvalue weighted by molar-refractivity contribution is 14.0. The summed E-state index contributed by atoms with van der Waals surface area (Å²) in [4.78, 5) is 9.18. The van der Waals surface area contributed by atoms with Crippen LogP contribution in [0.15, 0.2) is 4.99 Å². The van der Waals surface area contributed by atoms with Gasteiger partial charge in [0.15, 0.2) is 5.96 Å². The highest BCUT2D eigenvalue weighted by atomic mass is 127. The summed E-state index contributed by atoms with van der Waals surface area (Å²) in [5, 5.41) is 6.79. The normalized spacial score (nSPS) is 20.5. The van der Waals surface area contributed by atoms with Crippen molar-refractivity contribution in [3.05, 3.63) is 0 Å². The Bertz CT molecular complexity index is 367. The van der Waals surface area contributed by atoms with Gasteiger partial charge in [-0.05, 0) is 26.3 Å². The van der Waals surface area contributed by atoms with E-state index in [9.17, 15) is 0 Å². The van der Waals surface area contributed by atoms with E-state index in [-0.39, 0.29) is 30.1 Å². The minimum Gasteiger partial charge on any atom is -0.374 e. The van der Waals surface area contributed by atoms with E-state index in [1.54, 1.807) is 0 Å². The van der Waals surface area contributed by atoms with Gasteiger partial charge in [-0.25, -0.2) is 0 Å². The molecular weight excluding hydrogens is 429 g/mol. The Morgan fingerprint density at radius 1 is 1.32 bits per heavy atom. The van der Waals surface area contributed by atoms with Crippen LogP contribution in [-0.4, -0.2) is 87.9 Å². The van der Waals surface area contributed by atoms with Crippen LogP contribution in [0.1, 0.15) is 34.1 Å². The summed E-state index contributed by atoms with van der Waals surface area (Å²) in [6, 6.07) is 0.615. The third-order valence-corrected chi connectivity index (χ3v) is 4.67. The van der Waals surface area contributed by atoms with E-state index < -0.39 is 0 Å². The van der Waals surface area contributed by atoms with Crippen molar-refractivity contribution in [1.29, 1.82) is 0 Å². The number of morpholine rings is 1. The lowest BCUT2D eigenvalue weighted by atomic mass is 10.2. The van der Waals surface area contributed by atoms with Gasteiger partial charge in [0.2, 0.25) is 0 Å². The molecular formula is C18H40IN5O. The molecule has 1 saturated heterocycles. The smallest absolute Gasteiger partial charge is 0.191 e. The van der Waals surface area contributed by atoms with Crippen molar-refractivity contribution in [2.45, 2.75) is 46.3 Å². The molecule has 1 rings (SSSR count). The van der Waals surface area contributed by atoms with Gasteiger partial charge < -0.3 is 20.3 Å². The first-order chi connectivity index (χ1) is 11.5. The predicted molar refractivity (Wildman–Crippen MR) is 118 cm³/mol. The summed E-state index contributed by atoms with van der Waals surface area (Å²) in [7, 11) is 3.99. The van der Waals surface area contributed by atoms with Crippen LogP contribution in [0.5, 0.6) is 0 Å². The number of nitrogens with zero attached hydrogens (tertiary/aromatic N) is 3. The van der Waals surface area contributed by atoms with E-state index in [2.05, 4.69) is 60.2 Å². The van der Waals surface area contributed by atoms with E-state index in [4.69, 9.17) is 4.74 Å². The highest BCUT2D eigenvalue weighted by Gasteiger charge is 2.21. The number of likely N-dealkylation sites (N-methyl/N-ethyl adjacent to an activating group) is 1. The Morgan fingerprint density at radius 2 is 2.04 bits per heavy atom. The van der Waals surface area contributed by atoms with Crippen molar-refractivity contribution in [3.63, 3.8) is 0 Å². The third-order valence-electron chi connectivity index (χ3n) is 4.67. The fourth-order valence-corrected chi connectivity index (χ4v) is 2.90. The number of ether oxygens (including phenoxy) is 1. The fourth-order valence-electron chi connectivity index (χ4n) is 2.90. The first kappa shape index (κ1) is 24.9. The summed E-state index contributed by atoms with van der Waals surface area (Å²) in [5.74, 6) is 1.56. The topological polar surface area (TPSA) is 52.1 Å². The van der Waals surface area contributed by atoms with E-state index in [1.807, 2.05) is 7.05 Å². The van der Waals surface area contributed by atoms with Gasteiger partial charge in [-0.1, -0.05) is 20.8 Å². The monoisotopic (exact) mass is 469 g/mol. The quantitative estimate of drug-likeness (QED) is 0.307. The van der Waals surface area contributed by atoms with Crippen LogP contribution in [-0.2, 0) is 4.74 Å². The molecule has 0 aliphatic carbocycles. The number of halogens is 1. The number of rotatable bonds is 9. The number of guanidine groups is 1. The SMILES string of the molecule is CCC(C)N(C)CCNC(=NC)NCC1CN(CC(C)C)CCO1.I. The van der Waals surface area contributed by atoms with Gasteiger partial charge in [-0.15, -0.1) is 24.0 Å². The van der Waals surface area contributed by atoms with Crippen LogP contribution < -0.4 is 10.6 Å². The van der Waals surface area contributed by atoms with Crippen LogP contribution in [0.4, 0.5) is 0 Å². The van der Waals surface area contributed by atoms with Crippen LogP contribution in [0.25, 0.3) is 0 Å². The first-order valence-corrected chi connectivity index (χ1v) is 9.44. The van der Waals surface area contributed by atoms with Gasteiger partial charge in [-0.2, -0.15) is 0 Å². The summed E-state index contributed by atoms with van der Waals surface area (Å²) >= 11 is 0. The Balaban J connectivity index is 0.00000576. The predicted octanol–water partition coefficient (Wildman–Crippen LogP) is 1.86. The average molecular weight is 469 g/mol. The number of nitrogens with one attached hydrogen (secondary N) is 2. The molecule has 1 heterocycles. The molecule has 2 atom stereocenters. The van der Waals surface area contributed by atoms with Crippen molar-refractivity contribution < 1.29 is 4.74 Å². The summed E-state index contributed by atoms with van der Waals surface area (Å²) in [5.41, 5.74) is 0. The molecule has 6 nitrogen and oxygen atoms in total. The van der Waals surface area contributed by atoms with Gasteiger partial charge in [0, 0.05) is 52.4 Å². The number of hydrogen-bond acceptors (Lipinski definition) is 4. The van der Waals surface area contributed by atoms with E-state index in [0.29, 0.717) is 12.0 Å². The number of hydrogen-bond donors (Lipinski definition) is 2. The molecule has 0 aromatic heterocycles. The Kier molecular flexibility index (Phi) is 13.9. The molecule has 2 N–H and O–H groups in total. The van der Waals surface area contributed by atoms with Crippen molar-refractivity contribution in [3.8, 4) is 0 Å². The maximum absolute atomic E-state index is 5.88. The van der Waals surface area contributed by atoms with Crippen molar-refractivity contribution in [2.24, 2.45) is 10.9 Å². The zero-order valence-corrected chi connectivity index (χ0v) is 19.4. The van der Waals surface area contributed by atoms with Gasteiger partial charge >= 0.3 is 0 Å². The fraction of sp³-hybridized carbons (Fsp3) is 0.944. The van der Waals surface area contributed by atoms with E-state index in [1.165, 1.54) is 6.42 Å². The molecule has 2 unspecified atom stereocenters. The largest absolute Gasteiger partial charge is 0.374 e. The maximum atomic E-state index is 5.88. The molecule has 0 radical (unpaired) electrons. The number of aliphatic imine (C=N–C) groups is 1. The average Bonchev–Trinajstić information content (AvgIpc) is 2.56. The molecule has 150 valence electrons. The zero-order chi connectivity index (χ0) is 17.9. The Hall–Kier alpha value is -0.120. The molecule has 0 amide bonds.